The van der Waals surface area contributed by atoms with Gasteiger partial charge in [0.2, 0.25) is 0 Å². The summed E-state index contributed by atoms with van der Waals surface area (Å²) in [5.41, 5.74) is 2.81. The first-order chi connectivity index (χ1) is 14.2. The quantitative estimate of drug-likeness (QED) is 0.479. The molecule has 5 rings (SSSR count). The SMILES string of the molecule is CCc1noc(-c2cccn3c(CNC(=O)c4cccc5[nH]ccc45)nnc23)n1. The molecule has 4 aromatic heterocycles. The molecule has 0 unspecified atom stereocenters. The van der Waals surface area contributed by atoms with Gasteiger partial charge >= 0.3 is 0 Å². The van der Waals surface area contributed by atoms with Crippen LogP contribution < -0.4 is 5.32 Å². The molecule has 4 heterocycles. The van der Waals surface area contributed by atoms with Crippen LogP contribution in [0.3, 0.4) is 0 Å². The number of amides is 1. The Morgan fingerprint density at radius 1 is 1.21 bits per heavy atom. The van der Waals surface area contributed by atoms with Crippen molar-refractivity contribution >= 4 is 22.5 Å². The number of aromatic nitrogens is 6. The standard InChI is InChI=1S/C20H17N7O2/c1-2-16-23-20(29-26-16)14-6-4-10-27-17(24-25-18(14)27)11-22-19(28)13-5-3-7-15-12(13)8-9-21-15/h3-10,21H,2,11H2,1H3,(H,22,28). The number of hydrogen-bond acceptors (Lipinski definition) is 6. The van der Waals surface area contributed by atoms with Gasteiger partial charge in [-0.15, -0.1) is 10.2 Å². The molecule has 0 aliphatic carbocycles. The van der Waals surface area contributed by atoms with Crippen molar-refractivity contribution in [1.29, 1.82) is 0 Å². The van der Waals surface area contributed by atoms with E-state index in [1.54, 1.807) is 6.07 Å². The summed E-state index contributed by atoms with van der Waals surface area (Å²) in [7, 11) is 0. The van der Waals surface area contributed by atoms with Crippen molar-refractivity contribution in [3.05, 3.63) is 66.0 Å². The fraction of sp³-hybridized carbons (Fsp3) is 0.150. The van der Waals surface area contributed by atoms with E-state index in [1.165, 1.54) is 0 Å². The van der Waals surface area contributed by atoms with Crippen LogP contribution in [0.15, 0.2) is 53.3 Å². The predicted molar refractivity (Wildman–Crippen MR) is 105 cm³/mol. The van der Waals surface area contributed by atoms with Crippen molar-refractivity contribution in [2.24, 2.45) is 0 Å². The van der Waals surface area contributed by atoms with Crippen LogP contribution in [0.5, 0.6) is 0 Å². The molecule has 0 aliphatic rings. The highest BCUT2D eigenvalue weighted by Gasteiger charge is 2.17. The van der Waals surface area contributed by atoms with Gasteiger partial charge in [0, 0.05) is 35.3 Å². The smallest absolute Gasteiger partial charge is 0.261 e. The monoisotopic (exact) mass is 387 g/mol. The third-order valence-electron chi connectivity index (χ3n) is 4.77. The minimum atomic E-state index is -0.174. The largest absolute Gasteiger partial charge is 0.361 e. The van der Waals surface area contributed by atoms with Crippen molar-refractivity contribution in [3.8, 4) is 11.5 Å². The second-order valence-electron chi connectivity index (χ2n) is 6.53. The summed E-state index contributed by atoms with van der Waals surface area (Å²) in [5, 5.41) is 16.2. The molecule has 0 saturated heterocycles. The van der Waals surface area contributed by atoms with Crippen LogP contribution in [0, 0.1) is 0 Å². The number of benzene rings is 1. The van der Waals surface area contributed by atoms with Gasteiger partial charge in [-0.2, -0.15) is 4.98 Å². The van der Waals surface area contributed by atoms with Crippen molar-refractivity contribution < 1.29 is 9.32 Å². The average molecular weight is 387 g/mol. The lowest BCUT2D eigenvalue weighted by atomic mass is 10.1. The van der Waals surface area contributed by atoms with Crippen molar-refractivity contribution in [1.82, 2.24) is 35.0 Å². The van der Waals surface area contributed by atoms with E-state index in [4.69, 9.17) is 4.52 Å². The second-order valence-corrected chi connectivity index (χ2v) is 6.53. The highest BCUT2D eigenvalue weighted by Crippen LogP contribution is 2.22. The van der Waals surface area contributed by atoms with E-state index >= 15 is 0 Å². The number of nitrogens with one attached hydrogen (secondary N) is 2. The third-order valence-corrected chi connectivity index (χ3v) is 4.77. The van der Waals surface area contributed by atoms with E-state index in [0.29, 0.717) is 40.7 Å². The molecule has 0 fully saturated rings. The van der Waals surface area contributed by atoms with Gasteiger partial charge < -0.3 is 14.8 Å². The molecular weight excluding hydrogens is 370 g/mol. The number of H-pyrrole nitrogens is 1. The molecule has 0 bridgehead atoms. The van der Waals surface area contributed by atoms with Crippen molar-refractivity contribution in [2.75, 3.05) is 0 Å². The molecular formula is C20H17N7O2. The normalized spacial score (nSPS) is 11.3. The van der Waals surface area contributed by atoms with Crippen LogP contribution >= 0.6 is 0 Å². The number of rotatable bonds is 5. The van der Waals surface area contributed by atoms with Crippen LogP contribution in [-0.4, -0.2) is 35.6 Å². The van der Waals surface area contributed by atoms with Gasteiger partial charge in [0.25, 0.3) is 11.8 Å². The number of nitrogens with zero attached hydrogens (tertiary/aromatic N) is 5. The molecule has 29 heavy (non-hydrogen) atoms. The van der Waals surface area contributed by atoms with E-state index < -0.39 is 0 Å². The number of aromatic amines is 1. The summed E-state index contributed by atoms with van der Waals surface area (Å²) in [6.07, 6.45) is 4.34. The molecule has 1 amide bonds. The topological polar surface area (TPSA) is 114 Å². The summed E-state index contributed by atoms with van der Waals surface area (Å²) in [6, 6.07) is 11.2. The third kappa shape index (κ3) is 2.92. The van der Waals surface area contributed by atoms with Gasteiger partial charge in [-0.05, 0) is 30.3 Å². The van der Waals surface area contributed by atoms with Gasteiger partial charge in [0.1, 0.15) is 0 Å². The minimum absolute atomic E-state index is 0.174. The number of fused-ring (bicyclic) bond motifs is 2. The lowest BCUT2D eigenvalue weighted by Crippen LogP contribution is -2.24. The summed E-state index contributed by atoms with van der Waals surface area (Å²) in [4.78, 5) is 20.2. The Labute approximate surface area is 164 Å². The van der Waals surface area contributed by atoms with Gasteiger partial charge in [0.05, 0.1) is 12.1 Å². The molecule has 2 N–H and O–H groups in total. The number of carbonyl (C=O) groups is 1. The molecule has 0 atom stereocenters. The average Bonchev–Trinajstić information content (AvgIpc) is 3.50. The Morgan fingerprint density at radius 2 is 2.14 bits per heavy atom. The maximum absolute atomic E-state index is 12.7. The van der Waals surface area contributed by atoms with E-state index in [0.717, 1.165) is 10.9 Å². The first-order valence-electron chi connectivity index (χ1n) is 9.24. The lowest BCUT2D eigenvalue weighted by molar-refractivity contribution is 0.0951. The van der Waals surface area contributed by atoms with Crippen LogP contribution in [0.4, 0.5) is 0 Å². The molecule has 0 aliphatic heterocycles. The van der Waals surface area contributed by atoms with Crippen LogP contribution in [0.2, 0.25) is 0 Å². The number of carbonyl (C=O) groups excluding carboxylic acids is 1. The zero-order valence-corrected chi connectivity index (χ0v) is 15.6. The molecule has 144 valence electrons. The summed E-state index contributed by atoms with van der Waals surface area (Å²) in [6.45, 7) is 2.19. The van der Waals surface area contributed by atoms with Crippen LogP contribution in [-0.2, 0) is 13.0 Å². The van der Waals surface area contributed by atoms with E-state index in [9.17, 15) is 4.79 Å². The molecule has 9 heteroatoms. The van der Waals surface area contributed by atoms with Crippen molar-refractivity contribution in [2.45, 2.75) is 19.9 Å². The predicted octanol–water partition coefficient (Wildman–Crippen LogP) is 2.75. The Morgan fingerprint density at radius 3 is 3.00 bits per heavy atom. The Bertz CT molecular complexity index is 1330. The number of hydrogen-bond donors (Lipinski definition) is 2. The first-order valence-corrected chi connectivity index (χ1v) is 9.24. The lowest BCUT2D eigenvalue weighted by Gasteiger charge is -2.06. The maximum atomic E-state index is 12.7. The molecule has 0 saturated carbocycles. The summed E-state index contributed by atoms with van der Waals surface area (Å²) >= 11 is 0. The zero-order chi connectivity index (χ0) is 19.8. The van der Waals surface area contributed by atoms with Gasteiger partial charge in [-0.1, -0.05) is 18.1 Å². The highest BCUT2D eigenvalue weighted by molar-refractivity contribution is 6.06. The number of pyridine rings is 1. The molecule has 5 aromatic rings. The first kappa shape index (κ1) is 17.1. The summed E-state index contributed by atoms with van der Waals surface area (Å²) < 4.78 is 7.14. The molecule has 0 radical (unpaired) electrons. The Kier molecular flexibility index (Phi) is 4.05. The van der Waals surface area contributed by atoms with E-state index in [-0.39, 0.29) is 12.5 Å². The van der Waals surface area contributed by atoms with Crippen molar-refractivity contribution in [3.63, 3.8) is 0 Å². The van der Waals surface area contributed by atoms with Gasteiger partial charge in [-0.3, -0.25) is 9.20 Å². The molecule has 1 aromatic carbocycles. The van der Waals surface area contributed by atoms with Gasteiger partial charge in [0.15, 0.2) is 17.3 Å². The highest BCUT2D eigenvalue weighted by atomic mass is 16.5. The second kappa shape index (κ2) is 6.86. The van der Waals surface area contributed by atoms with Gasteiger partial charge in [-0.25, -0.2) is 0 Å². The minimum Gasteiger partial charge on any atom is -0.361 e. The maximum Gasteiger partial charge on any atom is 0.261 e. The van der Waals surface area contributed by atoms with E-state index in [2.05, 4.69) is 30.6 Å². The Hall–Kier alpha value is -4.01. The molecule has 0 spiro atoms. The fourth-order valence-corrected chi connectivity index (χ4v) is 3.30. The van der Waals surface area contributed by atoms with E-state index in [1.807, 2.05) is 54.0 Å². The molecule has 9 nitrogen and oxygen atoms in total. The zero-order valence-electron chi connectivity index (χ0n) is 15.6. The van der Waals surface area contributed by atoms with Crippen LogP contribution in [0.1, 0.15) is 28.9 Å². The fourth-order valence-electron chi connectivity index (χ4n) is 3.30. The summed E-state index contributed by atoms with van der Waals surface area (Å²) in [5.74, 6) is 1.46. The number of aryl methyl sites for hydroxylation is 1. The Balaban J connectivity index is 1.42. The van der Waals surface area contributed by atoms with Crippen LogP contribution in [0.25, 0.3) is 28.0 Å².